The molecular weight excluding hydrogens is 290 g/mol. The first-order chi connectivity index (χ1) is 9.90. The van der Waals surface area contributed by atoms with E-state index in [1.54, 1.807) is 42.8 Å². The second-order valence-electron chi connectivity index (χ2n) is 4.62. The molecule has 0 aliphatic rings. The molecule has 6 nitrogen and oxygen atoms in total. The number of anilines is 1. The minimum atomic E-state index is -3.71. The van der Waals surface area contributed by atoms with Crippen LogP contribution >= 0.6 is 0 Å². The molecule has 0 saturated heterocycles. The standard InChI is InChI=1S/C14H19N3O3S/c1-5-17-11(3)14(10(2)15-17)21(18,19)16-12-8-6-7-9-13(12)20-4/h6-9,16H,5H2,1-4H3. The van der Waals surface area contributed by atoms with Crippen LogP contribution in [0.1, 0.15) is 18.3 Å². The predicted molar refractivity (Wildman–Crippen MR) is 81.2 cm³/mol. The van der Waals surface area contributed by atoms with Crippen molar-refractivity contribution in [2.24, 2.45) is 0 Å². The van der Waals surface area contributed by atoms with Gasteiger partial charge in [0.1, 0.15) is 10.6 Å². The zero-order valence-corrected chi connectivity index (χ0v) is 13.4. The van der Waals surface area contributed by atoms with Crippen molar-refractivity contribution >= 4 is 15.7 Å². The molecule has 0 spiro atoms. The highest BCUT2D eigenvalue weighted by Crippen LogP contribution is 2.28. The Morgan fingerprint density at radius 1 is 1.29 bits per heavy atom. The molecule has 0 aliphatic carbocycles. The zero-order valence-electron chi connectivity index (χ0n) is 12.5. The smallest absolute Gasteiger partial charge is 0.265 e. The van der Waals surface area contributed by atoms with E-state index >= 15 is 0 Å². The molecule has 1 aromatic carbocycles. The Morgan fingerprint density at radius 3 is 2.52 bits per heavy atom. The predicted octanol–water partition coefficient (Wildman–Crippen LogP) is 2.33. The summed E-state index contributed by atoms with van der Waals surface area (Å²) >= 11 is 0. The summed E-state index contributed by atoms with van der Waals surface area (Å²) in [5.74, 6) is 0.472. The van der Waals surface area contributed by atoms with E-state index in [0.717, 1.165) is 0 Å². The second-order valence-corrected chi connectivity index (χ2v) is 6.24. The first-order valence-corrected chi connectivity index (χ1v) is 8.09. The van der Waals surface area contributed by atoms with Crippen LogP contribution in [-0.4, -0.2) is 25.3 Å². The van der Waals surface area contributed by atoms with Crippen LogP contribution < -0.4 is 9.46 Å². The van der Waals surface area contributed by atoms with E-state index in [4.69, 9.17) is 4.74 Å². The molecule has 0 saturated carbocycles. The van der Waals surface area contributed by atoms with E-state index in [1.807, 2.05) is 6.92 Å². The van der Waals surface area contributed by atoms with Gasteiger partial charge in [0.25, 0.3) is 10.0 Å². The van der Waals surface area contributed by atoms with Crippen LogP contribution in [0.15, 0.2) is 29.2 Å². The first-order valence-electron chi connectivity index (χ1n) is 6.60. The third-order valence-electron chi connectivity index (χ3n) is 3.23. The zero-order chi connectivity index (χ0) is 15.6. The van der Waals surface area contributed by atoms with Gasteiger partial charge in [0, 0.05) is 6.54 Å². The summed E-state index contributed by atoms with van der Waals surface area (Å²) in [6, 6.07) is 6.89. The molecule has 0 unspecified atom stereocenters. The van der Waals surface area contributed by atoms with Crippen LogP contribution in [0, 0.1) is 13.8 Å². The van der Waals surface area contributed by atoms with Gasteiger partial charge in [0.15, 0.2) is 0 Å². The monoisotopic (exact) mass is 309 g/mol. The van der Waals surface area contributed by atoms with Crippen LogP contribution in [-0.2, 0) is 16.6 Å². The average Bonchev–Trinajstić information content (AvgIpc) is 2.74. The second kappa shape index (κ2) is 5.77. The number of nitrogens with zero attached hydrogens (tertiary/aromatic N) is 2. The van der Waals surface area contributed by atoms with E-state index < -0.39 is 10.0 Å². The quantitative estimate of drug-likeness (QED) is 0.920. The molecule has 0 aliphatic heterocycles. The largest absolute Gasteiger partial charge is 0.495 e. The molecule has 21 heavy (non-hydrogen) atoms. The van der Waals surface area contributed by atoms with Crippen molar-refractivity contribution in [3.05, 3.63) is 35.7 Å². The minimum absolute atomic E-state index is 0.218. The number of aromatic nitrogens is 2. The SMILES string of the molecule is CCn1nc(C)c(S(=O)(=O)Nc2ccccc2OC)c1C. The number of benzene rings is 1. The normalized spacial score (nSPS) is 11.4. The highest BCUT2D eigenvalue weighted by Gasteiger charge is 2.25. The van der Waals surface area contributed by atoms with Crippen LogP contribution in [0.4, 0.5) is 5.69 Å². The minimum Gasteiger partial charge on any atom is -0.495 e. The third-order valence-corrected chi connectivity index (χ3v) is 4.85. The van der Waals surface area contributed by atoms with Crippen molar-refractivity contribution in [3.8, 4) is 5.75 Å². The first kappa shape index (κ1) is 15.4. The molecule has 7 heteroatoms. The van der Waals surface area contributed by atoms with Gasteiger partial charge >= 0.3 is 0 Å². The summed E-state index contributed by atoms with van der Waals surface area (Å²) in [5.41, 5.74) is 1.51. The molecule has 1 heterocycles. The van der Waals surface area contributed by atoms with Crippen LogP contribution in [0.5, 0.6) is 5.75 Å². The molecular formula is C14H19N3O3S. The van der Waals surface area contributed by atoms with Gasteiger partial charge < -0.3 is 4.74 Å². The summed E-state index contributed by atoms with van der Waals surface area (Å²) in [5, 5.41) is 4.25. The third kappa shape index (κ3) is 2.87. The van der Waals surface area contributed by atoms with Crippen LogP contribution in [0.25, 0.3) is 0 Å². The number of para-hydroxylation sites is 2. The van der Waals surface area contributed by atoms with Gasteiger partial charge in [-0.2, -0.15) is 5.10 Å². The maximum Gasteiger partial charge on any atom is 0.265 e. The Bertz CT molecular complexity index is 751. The lowest BCUT2D eigenvalue weighted by atomic mass is 10.3. The molecule has 0 amide bonds. The molecule has 1 N–H and O–H groups in total. The lowest BCUT2D eigenvalue weighted by Crippen LogP contribution is -2.15. The van der Waals surface area contributed by atoms with Gasteiger partial charge in [-0.25, -0.2) is 8.42 Å². The number of hydrogen-bond donors (Lipinski definition) is 1. The summed E-state index contributed by atoms with van der Waals surface area (Å²) < 4.78 is 34.6. The number of sulfonamides is 1. The lowest BCUT2D eigenvalue weighted by molar-refractivity contribution is 0.417. The summed E-state index contributed by atoms with van der Waals surface area (Å²) in [7, 11) is -2.21. The van der Waals surface area contributed by atoms with Crippen molar-refractivity contribution < 1.29 is 13.2 Å². The van der Waals surface area contributed by atoms with Gasteiger partial charge in [0.05, 0.1) is 24.2 Å². The number of rotatable bonds is 5. The molecule has 2 rings (SSSR count). The molecule has 0 bridgehead atoms. The topological polar surface area (TPSA) is 73.2 Å². The number of ether oxygens (including phenoxy) is 1. The van der Waals surface area contributed by atoms with Crippen molar-refractivity contribution in [1.82, 2.24) is 9.78 Å². The highest BCUT2D eigenvalue weighted by molar-refractivity contribution is 7.92. The highest BCUT2D eigenvalue weighted by atomic mass is 32.2. The van der Waals surface area contributed by atoms with E-state index in [9.17, 15) is 8.42 Å². The number of hydrogen-bond acceptors (Lipinski definition) is 4. The van der Waals surface area contributed by atoms with E-state index in [0.29, 0.717) is 29.4 Å². The maximum atomic E-state index is 12.6. The Hall–Kier alpha value is -2.02. The molecule has 0 atom stereocenters. The van der Waals surface area contributed by atoms with Gasteiger partial charge in [0.2, 0.25) is 0 Å². The summed E-state index contributed by atoms with van der Waals surface area (Å²) in [4.78, 5) is 0.218. The molecule has 1 aromatic heterocycles. The Balaban J connectivity index is 2.46. The van der Waals surface area contributed by atoms with Crippen molar-refractivity contribution in [2.45, 2.75) is 32.2 Å². The molecule has 2 aromatic rings. The van der Waals surface area contributed by atoms with Crippen molar-refractivity contribution in [1.29, 1.82) is 0 Å². The molecule has 0 fully saturated rings. The van der Waals surface area contributed by atoms with Crippen LogP contribution in [0.3, 0.4) is 0 Å². The lowest BCUT2D eigenvalue weighted by Gasteiger charge is -2.11. The van der Waals surface area contributed by atoms with Gasteiger partial charge in [-0.3, -0.25) is 9.40 Å². The van der Waals surface area contributed by atoms with E-state index in [-0.39, 0.29) is 4.90 Å². The van der Waals surface area contributed by atoms with Gasteiger partial charge in [-0.05, 0) is 32.9 Å². The fourth-order valence-corrected chi connectivity index (χ4v) is 3.79. The van der Waals surface area contributed by atoms with E-state index in [1.165, 1.54) is 7.11 Å². The van der Waals surface area contributed by atoms with Crippen LogP contribution in [0.2, 0.25) is 0 Å². The molecule has 114 valence electrons. The maximum absolute atomic E-state index is 12.6. The Kier molecular flexibility index (Phi) is 4.22. The fraction of sp³-hybridized carbons (Fsp3) is 0.357. The van der Waals surface area contributed by atoms with Crippen molar-refractivity contribution in [2.75, 3.05) is 11.8 Å². The number of methoxy groups -OCH3 is 1. The van der Waals surface area contributed by atoms with E-state index in [2.05, 4.69) is 9.82 Å². The Labute approximate surface area is 124 Å². The number of aryl methyl sites for hydroxylation is 2. The summed E-state index contributed by atoms with van der Waals surface area (Å²) in [6.07, 6.45) is 0. The Morgan fingerprint density at radius 2 is 1.95 bits per heavy atom. The van der Waals surface area contributed by atoms with Gasteiger partial charge in [-0.15, -0.1) is 0 Å². The summed E-state index contributed by atoms with van der Waals surface area (Å²) in [6.45, 7) is 5.98. The van der Waals surface area contributed by atoms with Gasteiger partial charge in [-0.1, -0.05) is 12.1 Å². The number of nitrogens with one attached hydrogen (secondary N) is 1. The van der Waals surface area contributed by atoms with Crippen molar-refractivity contribution in [3.63, 3.8) is 0 Å². The average molecular weight is 309 g/mol. The fourth-order valence-electron chi connectivity index (χ4n) is 2.30. The molecule has 0 radical (unpaired) electrons.